The fourth-order valence-electron chi connectivity index (χ4n) is 8.93. The molecule has 9 unspecified atom stereocenters. The summed E-state index contributed by atoms with van der Waals surface area (Å²) in [7, 11) is 0. The second-order valence-electron chi connectivity index (χ2n) is 12.1. The van der Waals surface area contributed by atoms with Gasteiger partial charge >= 0.3 is 0 Å². The van der Waals surface area contributed by atoms with Gasteiger partial charge in [-0.3, -0.25) is 4.79 Å². The summed E-state index contributed by atoms with van der Waals surface area (Å²) in [5.74, 6) is 2.41. The minimum Gasteiger partial charge on any atom is -0.393 e. The number of allylic oxidation sites excluding steroid dienone is 2. The first-order valence-corrected chi connectivity index (χ1v) is 12.8. The molecule has 4 heteroatoms. The normalized spacial score (nSPS) is 53.7. The van der Waals surface area contributed by atoms with Gasteiger partial charge in [0.15, 0.2) is 5.78 Å². The van der Waals surface area contributed by atoms with E-state index in [2.05, 4.69) is 39.1 Å². The van der Waals surface area contributed by atoms with Crippen LogP contribution in [-0.2, 0) is 9.53 Å². The van der Waals surface area contributed by atoms with Crippen LogP contribution in [0.4, 0.5) is 0 Å². The third-order valence-corrected chi connectivity index (χ3v) is 10.6. The van der Waals surface area contributed by atoms with Crippen molar-refractivity contribution in [3.63, 3.8) is 0 Å². The second kappa shape index (κ2) is 6.77. The van der Waals surface area contributed by atoms with Crippen LogP contribution < -0.4 is 5.32 Å². The van der Waals surface area contributed by atoms with Crippen molar-refractivity contribution in [3.8, 4) is 0 Å². The quantitative estimate of drug-likeness (QED) is 0.572. The summed E-state index contributed by atoms with van der Waals surface area (Å²) in [4.78, 5) is 14.1. The van der Waals surface area contributed by atoms with Crippen LogP contribution in [-0.4, -0.2) is 41.3 Å². The Kier molecular flexibility index (Phi) is 4.51. The van der Waals surface area contributed by atoms with Gasteiger partial charge in [0.05, 0.1) is 17.8 Å². The lowest BCUT2D eigenvalue weighted by atomic mass is 9.56. The van der Waals surface area contributed by atoms with Crippen LogP contribution in [0, 0.1) is 35.0 Å². The van der Waals surface area contributed by atoms with E-state index < -0.39 is 0 Å². The number of hydrogen-bond acceptors (Lipinski definition) is 4. The average molecular weight is 426 g/mol. The van der Waals surface area contributed by atoms with Crippen molar-refractivity contribution < 1.29 is 14.6 Å². The Hall–Kier alpha value is -0.970. The zero-order valence-corrected chi connectivity index (χ0v) is 19.6. The maximum atomic E-state index is 14.1. The number of nitrogens with one attached hydrogen (secondary N) is 1. The SMILES string of the molecule is CC1=C2C(=O)C3C(CC=C4CC(O)CC[C@@]43C)C2CCC12OC1CC(C)CNC1C2C. The molecule has 0 amide bonds. The summed E-state index contributed by atoms with van der Waals surface area (Å²) < 4.78 is 6.93. The van der Waals surface area contributed by atoms with Gasteiger partial charge in [0.2, 0.25) is 0 Å². The molecule has 0 radical (unpaired) electrons. The Labute approximate surface area is 186 Å². The van der Waals surface area contributed by atoms with E-state index in [1.165, 1.54) is 11.1 Å². The van der Waals surface area contributed by atoms with Gasteiger partial charge in [0.25, 0.3) is 0 Å². The highest BCUT2D eigenvalue weighted by molar-refractivity contribution is 6.02. The van der Waals surface area contributed by atoms with E-state index in [0.29, 0.717) is 35.5 Å². The second-order valence-corrected chi connectivity index (χ2v) is 12.1. The average Bonchev–Trinajstić information content (AvgIpc) is 3.18. The smallest absolute Gasteiger partial charge is 0.163 e. The molecule has 4 fully saturated rings. The Bertz CT molecular complexity index is 876. The lowest BCUT2D eigenvalue weighted by molar-refractivity contribution is -0.123. The number of rotatable bonds is 0. The maximum Gasteiger partial charge on any atom is 0.163 e. The molecule has 1 spiro atoms. The van der Waals surface area contributed by atoms with Crippen molar-refractivity contribution in [3.05, 3.63) is 22.8 Å². The first-order chi connectivity index (χ1) is 14.8. The van der Waals surface area contributed by atoms with Gasteiger partial charge in [-0.1, -0.05) is 32.4 Å². The largest absolute Gasteiger partial charge is 0.393 e. The molecule has 4 nitrogen and oxygen atoms in total. The number of piperidine rings is 1. The summed E-state index contributed by atoms with van der Waals surface area (Å²) in [6, 6.07) is 0.410. The molecular formula is C27H39NO3. The van der Waals surface area contributed by atoms with Crippen LogP contribution in [0.1, 0.15) is 72.6 Å². The molecular weight excluding hydrogens is 386 g/mol. The van der Waals surface area contributed by atoms with Gasteiger partial charge in [-0.2, -0.15) is 0 Å². The molecule has 0 aromatic rings. The minimum absolute atomic E-state index is 0.0653. The van der Waals surface area contributed by atoms with Crippen LogP contribution >= 0.6 is 0 Å². The van der Waals surface area contributed by atoms with E-state index in [0.717, 1.165) is 57.1 Å². The zero-order valence-electron chi connectivity index (χ0n) is 19.6. The van der Waals surface area contributed by atoms with Crippen LogP contribution in [0.5, 0.6) is 0 Å². The molecule has 0 aromatic heterocycles. The highest BCUT2D eigenvalue weighted by Gasteiger charge is 2.63. The molecule has 0 bridgehead atoms. The van der Waals surface area contributed by atoms with E-state index in [4.69, 9.17) is 4.74 Å². The van der Waals surface area contributed by atoms with Crippen LogP contribution in [0.3, 0.4) is 0 Å². The van der Waals surface area contributed by atoms with E-state index in [9.17, 15) is 9.90 Å². The number of ketones is 1. The van der Waals surface area contributed by atoms with Crippen molar-refractivity contribution in [2.45, 2.75) is 96.5 Å². The van der Waals surface area contributed by atoms with Crippen molar-refractivity contribution in [1.29, 1.82) is 0 Å². The number of aliphatic hydroxyl groups excluding tert-OH is 1. The maximum absolute atomic E-state index is 14.1. The number of fused-ring (bicyclic) bond motifs is 6. The van der Waals surface area contributed by atoms with E-state index in [1.807, 2.05) is 0 Å². The molecule has 4 aliphatic carbocycles. The van der Waals surface area contributed by atoms with Gasteiger partial charge < -0.3 is 15.2 Å². The number of aliphatic hydroxyl groups is 1. The first kappa shape index (κ1) is 20.6. The highest BCUT2D eigenvalue weighted by atomic mass is 16.5. The molecule has 2 saturated heterocycles. The number of carbonyl (C=O) groups is 1. The van der Waals surface area contributed by atoms with Crippen LogP contribution in [0.15, 0.2) is 22.8 Å². The number of ether oxygens (including phenoxy) is 1. The fourth-order valence-corrected chi connectivity index (χ4v) is 8.93. The number of Topliss-reactive ketones (excluding diaryl/α,β-unsaturated/α-hetero) is 1. The topological polar surface area (TPSA) is 58.6 Å². The molecule has 6 rings (SSSR count). The van der Waals surface area contributed by atoms with Crippen molar-refractivity contribution in [1.82, 2.24) is 5.32 Å². The molecule has 2 heterocycles. The molecule has 2 aliphatic heterocycles. The summed E-state index contributed by atoms with van der Waals surface area (Å²) >= 11 is 0. The third kappa shape index (κ3) is 2.62. The summed E-state index contributed by atoms with van der Waals surface area (Å²) in [5.41, 5.74) is 3.43. The van der Waals surface area contributed by atoms with Gasteiger partial charge in [0, 0.05) is 23.5 Å². The lowest BCUT2D eigenvalue weighted by Crippen LogP contribution is -2.49. The molecule has 10 atom stereocenters. The Morgan fingerprint density at radius 1 is 1.23 bits per heavy atom. The summed E-state index contributed by atoms with van der Waals surface area (Å²) in [6.07, 6.45) is 9.23. The standard InChI is InChI=1S/C27H39NO3/c1-14-11-21-24(28-13-14)16(3)27(31-21)10-8-19-20-6-5-17-12-18(29)7-9-26(17,4)23(20)25(30)22(19)15(27)2/h5,14,16,18-21,23-24,28-29H,6-13H2,1-4H3/t14?,16?,18?,19?,20?,21?,23?,24?,26-,27?/m0/s1. The van der Waals surface area contributed by atoms with Crippen LogP contribution in [0.2, 0.25) is 0 Å². The lowest BCUT2D eigenvalue weighted by Gasteiger charge is -2.48. The number of carbonyl (C=O) groups excluding carboxylic acids is 1. The van der Waals surface area contributed by atoms with Crippen molar-refractivity contribution >= 4 is 5.78 Å². The Balaban J connectivity index is 1.39. The van der Waals surface area contributed by atoms with E-state index >= 15 is 0 Å². The predicted molar refractivity (Wildman–Crippen MR) is 120 cm³/mol. The first-order valence-electron chi connectivity index (χ1n) is 12.8. The van der Waals surface area contributed by atoms with Crippen molar-refractivity contribution in [2.75, 3.05) is 6.54 Å². The molecule has 31 heavy (non-hydrogen) atoms. The molecule has 2 N–H and O–H groups in total. The van der Waals surface area contributed by atoms with Crippen LogP contribution in [0.25, 0.3) is 0 Å². The van der Waals surface area contributed by atoms with Gasteiger partial charge in [-0.25, -0.2) is 0 Å². The fraction of sp³-hybridized carbons (Fsp3) is 0.815. The van der Waals surface area contributed by atoms with E-state index in [-0.39, 0.29) is 29.1 Å². The molecule has 0 aromatic carbocycles. The highest BCUT2D eigenvalue weighted by Crippen LogP contribution is 2.63. The third-order valence-electron chi connectivity index (χ3n) is 10.6. The zero-order chi connectivity index (χ0) is 21.7. The van der Waals surface area contributed by atoms with Crippen molar-refractivity contribution in [2.24, 2.45) is 35.0 Å². The van der Waals surface area contributed by atoms with Gasteiger partial charge in [-0.05, 0) is 87.2 Å². The Morgan fingerprint density at radius 3 is 2.84 bits per heavy atom. The summed E-state index contributed by atoms with van der Waals surface area (Å²) in [5, 5.41) is 14.0. The predicted octanol–water partition coefficient (Wildman–Crippen LogP) is 4.18. The molecule has 2 saturated carbocycles. The van der Waals surface area contributed by atoms with Gasteiger partial charge in [0.1, 0.15) is 0 Å². The number of hydrogen-bond donors (Lipinski definition) is 2. The molecule has 6 aliphatic rings. The monoisotopic (exact) mass is 425 g/mol. The van der Waals surface area contributed by atoms with Gasteiger partial charge in [-0.15, -0.1) is 0 Å². The minimum atomic E-state index is -0.263. The Morgan fingerprint density at radius 2 is 2.03 bits per heavy atom. The summed E-state index contributed by atoms with van der Waals surface area (Å²) in [6.45, 7) is 10.3. The van der Waals surface area contributed by atoms with E-state index in [1.54, 1.807) is 0 Å². The molecule has 170 valence electrons.